The van der Waals surface area contributed by atoms with Crippen molar-refractivity contribution in [2.45, 2.75) is 38.6 Å². The Morgan fingerprint density at radius 2 is 1.97 bits per heavy atom. The summed E-state index contributed by atoms with van der Waals surface area (Å²) in [6.45, 7) is 4.15. The van der Waals surface area contributed by atoms with Gasteiger partial charge in [0.2, 0.25) is 0 Å². The largest absolute Gasteiger partial charge is 0.488 e. The molecule has 11 heteroatoms. The number of rotatable bonds is 1. The van der Waals surface area contributed by atoms with Gasteiger partial charge < -0.3 is 15.4 Å². The van der Waals surface area contributed by atoms with Crippen molar-refractivity contribution in [3.8, 4) is 5.75 Å². The monoisotopic (exact) mass is 499 g/mol. The van der Waals surface area contributed by atoms with E-state index in [-0.39, 0.29) is 29.2 Å². The number of halogens is 4. The minimum absolute atomic E-state index is 0.0918. The van der Waals surface area contributed by atoms with Gasteiger partial charge in [-0.2, -0.15) is 13.2 Å². The fourth-order valence-electron chi connectivity index (χ4n) is 5.39. The zero-order chi connectivity index (χ0) is 25.6. The molecule has 2 atom stereocenters. The SMILES string of the molecule is CC1(C)CC2Oc3cc(C(F)(F)F)ccc3C2N(C(=O)c2cc3c(cc2F)nc(N)c2cncn23)C1. The van der Waals surface area contributed by atoms with Crippen molar-refractivity contribution in [2.24, 2.45) is 5.41 Å². The van der Waals surface area contributed by atoms with Crippen molar-refractivity contribution < 1.29 is 27.1 Å². The van der Waals surface area contributed by atoms with Gasteiger partial charge in [0.1, 0.15) is 29.0 Å². The van der Waals surface area contributed by atoms with Gasteiger partial charge in [-0.25, -0.2) is 14.4 Å². The number of nitrogens with zero attached hydrogens (tertiary/aromatic N) is 4. The first-order chi connectivity index (χ1) is 16.9. The average Bonchev–Trinajstić information content (AvgIpc) is 3.41. The smallest absolute Gasteiger partial charge is 0.416 e. The van der Waals surface area contributed by atoms with Crippen LogP contribution in [0.1, 0.15) is 47.8 Å². The van der Waals surface area contributed by atoms with Crippen LogP contribution in [0.25, 0.3) is 16.6 Å². The Hall–Kier alpha value is -3.89. The Labute approximate surface area is 202 Å². The maximum Gasteiger partial charge on any atom is 0.416 e. The van der Waals surface area contributed by atoms with E-state index in [9.17, 15) is 18.0 Å². The molecule has 1 saturated heterocycles. The van der Waals surface area contributed by atoms with Crippen LogP contribution in [0.4, 0.5) is 23.4 Å². The van der Waals surface area contributed by atoms with Crippen LogP contribution in [0.3, 0.4) is 0 Å². The fraction of sp³-hybridized carbons (Fsp3) is 0.320. The van der Waals surface area contributed by atoms with Gasteiger partial charge in [-0.3, -0.25) is 9.20 Å². The minimum atomic E-state index is -4.52. The number of imidazole rings is 1. The molecule has 4 heterocycles. The van der Waals surface area contributed by atoms with E-state index in [1.807, 2.05) is 13.8 Å². The zero-order valence-corrected chi connectivity index (χ0v) is 19.3. The van der Waals surface area contributed by atoms with Gasteiger partial charge >= 0.3 is 6.18 Å². The molecule has 2 aromatic heterocycles. The lowest BCUT2D eigenvalue weighted by molar-refractivity contribution is -0.137. The standard InChI is InChI=1S/C25H21F4N5O2/c1-24(2)8-20-21(13-4-3-12(25(27,28)29)5-19(13)36-20)33(10-24)23(35)14-6-17-16(7-15(14)26)32-22(30)18-9-31-11-34(17)18/h3-7,9,11,20-21H,8,10H2,1-2H3,(H2,30,32). The highest BCUT2D eigenvalue weighted by Crippen LogP contribution is 2.50. The van der Waals surface area contributed by atoms with Gasteiger partial charge in [-0.1, -0.05) is 19.9 Å². The molecule has 0 spiro atoms. The van der Waals surface area contributed by atoms with Crippen LogP contribution in [-0.4, -0.2) is 37.8 Å². The summed E-state index contributed by atoms with van der Waals surface area (Å²) in [7, 11) is 0. The summed E-state index contributed by atoms with van der Waals surface area (Å²) >= 11 is 0. The van der Waals surface area contributed by atoms with E-state index >= 15 is 4.39 Å². The van der Waals surface area contributed by atoms with Gasteiger partial charge in [0.25, 0.3) is 5.91 Å². The van der Waals surface area contributed by atoms with E-state index in [2.05, 4.69) is 9.97 Å². The number of benzene rings is 2. The van der Waals surface area contributed by atoms with Crippen LogP contribution >= 0.6 is 0 Å². The number of aromatic nitrogens is 3. The Kier molecular flexibility index (Phi) is 4.58. The summed E-state index contributed by atoms with van der Waals surface area (Å²) in [5.41, 5.74) is 6.24. The summed E-state index contributed by atoms with van der Waals surface area (Å²) in [5, 5.41) is 0. The Morgan fingerprint density at radius 1 is 1.19 bits per heavy atom. The normalized spacial score (nSPS) is 20.9. The van der Waals surface area contributed by atoms with E-state index in [1.165, 1.54) is 29.6 Å². The summed E-state index contributed by atoms with van der Waals surface area (Å²) in [6.07, 6.45) is -1.53. The molecule has 2 unspecified atom stereocenters. The summed E-state index contributed by atoms with van der Waals surface area (Å²) in [5.74, 6) is -1.09. The number of hydrogen-bond donors (Lipinski definition) is 1. The van der Waals surface area contributed by atoms with Crippen LogP contribution in [0, 0.1) is 11.2 Å². The van der Waals surface area contributed by atoms with Crippen LogP contribution in [-0.2, 0) is 6.18 Å². The lowest BCUT2D eigenvalue weighted by atomic mass is 9.78. The quantitative estimate of drug-likeness (QED) is 0.373. The van der Waals surface area contributed by atoms with Crippen LogP contribution in [0.2, 0.25) is 0 Å². The molecule has 2 aliphatic rings. The molecular formula is C25H21F4N5O2. The molecular weight excluding hydrogens is 478 g/mol. The number of piperidine rings is 1. The van der Waals surface area contributed by atoms with Crippen molar-refractivity contribution in [3.05, 3.63) is 65.4 Å². The second-order valence-corrected chi connectivity index (χ2v) is 10.1. The third-order valence-electron chi connectivity index (χ3n) is 6.93. The highest BCUT2D eigenvalue weighted by atomic mass is 19.4. The number of ether oxygens (including phenoxy) is 1. The van der Waals surface area contributed by atoms with E-state index in [0.29, 0.717) is 23.0 Å². The third kappa shape index (κ3) is 3.36. The van der Waals surface area contributed by atoms with Crippen molar-refractivity contribution in [1.29, 1.82) is 0 Å². The van der Waals surface area contributed by atoms with Gasteiger partial charge in [0.15, 0.2) is 0 Å². The number of alkyl halides is 3. The number of nitrogen functional groups attached to an aromatic ring is 1. The molecule has 0 saturated carbocycles. The van der Waals surface area contributed by atoms with E-state index in [4.69, 9.17) is 10.5 Å². The average molecular weight is 499 g/mol. The maximum absolute atomic E-state index is 15.3. The molecule has 186 valence electrons. The van der Waals surface area contributed by atoms with Gasteiger partial charge in [0, 0.05) is 18.2 Å². The van der Waals surface area contributed by atoms with Crippen molar-refractivity contribution in [3.63, 3.8) is 0 Å². The molecule has 2 aromatic carbocycles. The molecule has 6 rings (SSSR count). The van der Waals surface area contributed by atoms with Crippen LogP contribution in [0.15, 0.2) is 42.9 Å². The highest BCUT2D eigenvalue weighted by Gasteiger charge is 2.49. The Bertz CT molecular complexity index is 1560. The van der Waals surface area contributed by atoms with Gasteiger partial charge in [-0.05, 0) is 30.0 Å². The van der Waals surface area contributed by atoms with Gasteiger partial charge in [-0.15, -0.1) is 0 Å². The lowest BCUT2D eigenvalue weighted by Gasteiger charge is -2.45. The first-order valence-electron chi connectivity index (χ1n) is 11.3. The lowest BCUT2D eigenvalue weighted by Crippen LogP contribution is -2.51. The summed E-state index contributed by atoms with van der Waals surface area (Å²) in [4.78, 5) is 23.7. The first kappa shape index (κ1) is 22.6. The molecule has 0 aliphatic carbocycles. The van der Waals surface area contributed by atoms with E-state index in [1.54, 1.807) is 4.40 Å². The van der Waals surface area contributed by atoms with E-state index < -0.39 is 41.0 Å². The minimum Gasteiger partial charge on any atom is -0.488 e. The molecule has 1 fully saturated rings. The molecule has 0 bridgehead atoms. The Balaban J connectivity index is 1.46. The molecule has 7 nitrogen and oxygen atoms in total. The summed E-state index contributed by atoms with van der Waals surface area (Å²) < 4.78 is 62.7. The number of carbonyl (C=O) groups excluding carboxylic acids is 1. The molecule has 4 aromatic rings. The van der Waals surface area contributed by atoms with Crippen LogP contribution < -0.4 is 10.5 Å². The zero-order valence-electron chi connectivity index (χ0n) is 19.3. The third-order valence-corrected chi connectivity index (χ3v) is 6.93. The number of likely N-dealkylation sites (tertiary alicyclic amines) is 1. The number of fused-ring (bicyclic) bond motifs is 6. The predicted molar refractivity (Wildman–Crippen MR) is 123 cm³/mol. The fourth-order valence-corrected chi connectivity index (χ4v) is 5.39. The number of nitrogens with two attached hydrogens (primary N) is 1. The number of carbonyl (C=O) groups is 1. The van der Waals surface area contributed by atoms with Crippen molar-refractivity contribution in [2.75, 3.05) is 12.3 Å². The molecule has 2 aliphatic heterocycles. The Morgan fingerprint density at radius 3 is 2.72 bits per heavy atom. The van der Waals surface area contributed by atoms with E-state index in [0.717, 1.165) is 18.2 Å². The molecule has 2 N–H and O–H groups in total. The topological polar surface area (TPSA) is 85.8 Å². The van der Waals surface area contributed by atoms with Gasteiger partial charge in [0.05, 0.1) is 40.7 Å². The number of amides is 1. The number of anilines is 1. The number of hydrogen-bond acceptors (Lipinski definition) is 5. The molecule has 1 amide bonds. The molecule has 36 heavy (non-hydrogen) atoms. The van der Waals surface area contributed by atoms with Crippen molar-refractivity contribution in [1.82, 2.24) is 19.3 Å². The van der Waals surface area contributed by atoms with Crippen LogP contribution in [0.5, 0.6) is 5.75 Å². The molecule has 0 radical (unpaired) electrons. The first-order valence-corrected chi connectivity index (χ1v) is 11.3. The summed E-state index contributed by atoms with van der Waals surface area (Å²) in [6, 6.07) is 5.21. The maximum atomic E-state index is 15.3. The second kappa shape index (κ2) is 7.31. The highest BCUT2D eigenvalue weighted by molar-refractivity contribution is 5.99. The van der Waals surface area contributed by atoms with Crippen molar-refractivity contribution >= 4 is 28.3 Å². The second-order valence-electron chi connectivity index (χ2n) is 10.1. The predicted octanol–water partition coefficient (Wildman–Crippen LogP) is 5.00.